The van der Waals surface area contributed by atoms with Gasteiger partial charge in [-0.25, -0.2) is 0 Å². The van der Waals surface area contributed by atoms with Crippen molar-refractivity contribution in [3.05, 3.63) is 18.0 Å². The Morgan fingerprint density at radius 1 is 1.57 bits per heavy atom. The van der Waals surface area contributed by atoms with E-state index in [2.05, 4.69) is 24.3 Å². The molecule has 80 valence electrons. The molecule has 0 amide bonds. The van der Waals surface area contributed by atoms with Gasteiger partial charge in [0.05, 0.1) is 5.69 Å². The summed E-state index contributed by atoms with van der Waals surface area (Å²) in [5.41, 5.74) is 1.06. The molecule has 1 unspecified atom stereocenters. The molecule has 4 heteroatoms. The van der Waals surface area contributed by atoms with Gasteiger partial charge in [0.15, 0.2) is 0 Å². The standard InChI is InChI=1S/C10H18ClN3/c1-8(2)10(6-11)12-7-9-4-5-14(3)13-9/h4-5,8,10,12H,6-7H2,1-3H3. The summed E-state index contributed by atoms with van der Waals surface area (Å²) in [7, 11) is 1.92. The van der Waals surface area contributed by atoms with E-state index in [-0.39, 0.29) is 0 Å². The Morgan fingerprint density at radius 3 is 2.71 bits per heavy atom. The first-order valence-corrected chi connectivity index (χ1v) is 5.44. The smallest absolute Gasteiger partial charge is 0.0762 e. The zero-order valence-corrected chi connectivity index (χ0v) is 9.75. The molecule has 0 saturated heterocycles. The van der Waals surface area contributed by atoms with Gasteiger partial charge in [0.2, 0.25) is 0 Å². The number of rotatable bonds is 5. The van der Waals surface area contributed by atoms with E-state index >= 15 is 0 Å². The third kappa shape index (κ3) is 3.31. The van der Waals surface area contributed by atoms with Gasteiger partial charge in [-0.1, -0.05) is 13.8 Å². The first-order chi connectivity index (χ1) is 6.63. The number of aryl methyl sites for hydroxylation is 1. The van der Waals surface area contributed by atoms with Gasteiger partial charge in [0, 0.05) is 31.7 Å². The SMILES string of the molecule is CC(C)C(CCl)NCc1ccn(C)n1. The van der Waals surface area contributed by atoms with Crippen LogP contribution in [0.1, 0.15) is 19.5 Å². The highest BCUT2D eigenvalue weighted by molar-refractivity contribution is 6.18. The molecule has 0 aliphatic heterocycles. The molecule has 0 bridgehead atoms. The van der Waals surface area contributed by atoms with Gasteiger partial charge < -0.3 is 5.32 Å². The van der Waals surface area contributed by atoms with Crippen LogP contribution in [0.5, 0.6) is 0 Å². The lowest BCUT2D eigenvalue weighted by molar-refractivity contribution is 0.427. The first-order valence-electron chi connectivity index (χ1n) is 4.91. The van der Waals surface area contributed by atoms with Crippen LogP contribution < -0.4 is 5.32 Å². The molecule has 14 heavy (non-hydrogen) atoms. The second-order valence-corrected chi connectivity index (χ2v) is 4.18. The van der Waals surface area contributed by atoms with E-state index in [0.29, 0.717) is 17.8 Å². The molecule has 0 aromatic carbocycles. The molecule has 1 atom stereocenters. The molecular formula is C10H18ClN3. The maximum atomic E-state index is 5.85. The molecule has 0 saturated carbocycles. The highest BCUT2D eigenvalue weighted by atomic mass is 35.5. The quantitative estimate of drug-likeness (QED) is 0.759. The van der Waals surface area contributed by atoms with Crippen LogP contribution in [0, 0.1) is 5.92 Å². The van der Waals surface area contributed by atoms with Crippen molar-refractivity contribution in [1.82, 2.24) is 15.1 Å². The number of nitrogens with one attached hydrogen (secondary N) is 1. The maximum absolute atomic E-state index is 5.85. The largest absolute Gasteiger partial charge is 0.307 e. The lowest BCUT2D eigenvalue weighted by atomic mass is 10.1. The Balaban J connectivity index is 2.39. The second kappa shape index (κ2) is 5.37. The van der Waals surface area contributed by atoms with Gasteiger partial charge >= 0.3 is 0 Å². The molecule has 1 rings (SSSR count). The highest BCUT2D eigenvalue weighted by Crippen LogP contribution is 2.04. The molecule has 1 N–H and O–H groups in total. The van der Waals surface area contributed by atoms with Gasteiger partial charge in [0.25, 0.3) is 0 Å². The van der Waals surface area contributed by atoms with Crippen molar-refractivity contribution in [2.45, 2.75) is 26.4 Å². The third-order valence-electron chi connectivity index (χ3n) is 2.29. The first kappa shape index (κ1) is 11.5. The summed E-state index contributed by atoms with van der Waals surface area (Å²) in [6.45, 7) is 5.12. The summed E-state index contributed by atoms with van der Waals surface area (Å²) in [4.78, 5) is 0. The molecule has 0 radical (unpaired) electrons. The van der Waals surface area contributed by atoms with Gasteiger partial charge in [-0.05, 0) is 12.0 Å². The number of nitrogens with zero attached hydrogens (tertiary/aromatic N) is 2. The van der Waals surface area contributed by atoms with Gasteiger partial charge in [-0.3, -0.25) is 4.68 Å². The number of hydrogen-bond acceptors (Lipinski definition) is 2. The minimum atomic E-state index is 0.360. The zero-order valence-electron chi connectivity index (χ0n) is 9.00. The molecule has 0 fully saturated rings. The number of alkyl halides is 1. The topological polar surface area (TPSA) is 29.9 Å². The number of halogens is 1. The van der Waals surface area contributed by atoms with Gasteiger partial charge in [0.1, 0.15) is 0 Å². The fourth-order valence-corrected chi connectivity index (χ4v) is 1.73. The minimum Gasteiger partial charge on any atom is -0.307 e. The summed E-state index contributed by atoms with van der Waals surface area (Å²) >= 11 is 5.85. The average Bonchev–Trinajstić information content (AvgIpc) is 2.52. The maximum Gasteiger partial charge on any atom is 0.0762 e. The van der Waals surface area contributed by atoms with E-state index in [1.807, 2.05) is 24.0 Å². The zero-order chi connectivity index (χ0) is 10.6. The van der Waals surface area contributed by atoms with Crippen molar-refractivity contribution in [2.75, 3.05) is 5.88 Å². The molecule has 1 heterocycles. The van der Waals surface area contributed by atoms with E-state index < -0.39 is 0 Å². The molecule has 1 aromatic heterocycles. The Kier molecular flexibility index (Phi) is 4.42. The summed E-state index contributed by atoms with van der Waals surface area (Å²) in [6.07, 6.45) is 1.95. The Hall–Kier alpha value is -0.540. The van der Waals surface area contributed by atoms with Crippen LogP contribution in [-0.2, 0) is 13.6 Å². The predicted octanol–water partition coefficient (Wildman–Crippen LogP) is 1.77. The van der Waals surface area contributed by atoms with E-state index in [9.17, 15) is 0 Å². The summed E-state index contributed by atoms with van der Waals surface area (Å²) < 4.78 is 1.81. The van der Waals surface area contributed by atoms with Crippen LogP contribution in [0.3, 0.4) is 0 Å². The predicted molar refractivity (Wildman–Crippen MR) is 59.4 cm³/mol. The molecule has 0 aliphatic carbocycles. The Labute approximate surface area is 90.4 Å². The highest BCUT2D eigenvalue weighted by Gasteiger charge is 2.11. The molecule has 1 aromatic rings. The summed E-state index contributed by atoms with van der Waals surface area (Å²) in [5.74, 6) is 1.20. The lowest BCUT2D eigenvalue weighted by Gasteiger charge is -2.18. The molecular weight excluding hydrogens is 198 g/mol. The monoisotopic (exact) mass is 215 g/mol. The molecule has 3 nitrogen and oxygen atoms in total. The van der Waals surface area contributed by atoms with Crippen LogP contribution in [0.25, 0.3) is 0 Å². The van der Waals surface area contributed by atoms with Crippen LogP contribution in [0.4, 0.5) is 0 Å². The van der Waals surface area contributed by atoms with Crippen molar-refractivity contribution in [3.63, 3.8) is 0 Å². The Bertz CT molecular complexity index is 270. The molecule has 0 spiro atoms. The summed E-state index contributed by atoms with van der Waals surface area (Å²) in [6, 6.07) is 2.37. The van der Waals surface area contributed by atoms with Gasteiger partial charge in [-0.2, -0.15) is 5.10 Å². The number of aromatic nitrogens is 2. The third-order valence-corrected chi connectivity index (χ3v) is 2.62. The minimum absolute atomic E-state index is 0.360. The van der Waals surface area contributed by atoms with E-state index in [1.54, 1.807) is 0 Å². The van der Waals surface area contributed by atoms with Crippen LogP contribution in [-0.4, -0.2) is 21.7 Å². The van der Waals surface area contributed by atoms with E-state index in [0.717, 1.165) is 12.2 Å². The van der Waals surface area contributed by atoms with E-state index in [4.69, 9.17) is 11.6 Å². The summed E-state index contributed by atoms with van der Waals surface area (Å²) in [5, 5.41) is 7.68. The molecule has 0 aliphatic rings. The number of hydrogen-bond donors (Lipinski definition) is 1. The van der Waals surface area contributed by atoms with Crippen molar-refractivity contribution in [1.29, 1.82) is 0 Å². The van der Waals surface area contributed by atoms with Crippen LogP contribution in [0.2, 0.25) is 0 Å². The van der Waals surface area contributed by atoms with Gasteiger partial charge in [-0.15, -0.1) is 11.6 Å². The van der Waals surface area contributed by atoms with E-state index in [1.165, 1.54) is 0 Å². The average molecular weight is 216 g/mol. The van der Waals surface area contributed by atoms with Crippen molar-refractivity contribution < 1.29 is 0 Å². The van der Waals surface area contributed by atoms with Crippen LogP contribution >= 0.6 is 11.6 Å². The van der Waals surface area contributed by atoms with Crippen molar-refractivity contribution >= 4 is 11.6 Å². The normalized spacial score (nSPS) is 13.5. The fourth-order valence-electron chi connectivity index (χ4n) is 1.26. The fraction of sp³-hybridized carbons (Fsp3) is 0.700. The van der Waals surface area contributed by atoms with Crippen molar-refractivity contribution in [2.24, 2.45) is 13.0 Å². The Morgan fingerprint density at radius 2 is 2.29 bits per heavy atom. The second-order valence-electron chi connectivity index (χ2n) is 3.87. The van der Waals surface area contributed by atoms with Crippen LogP contribution in [0.15, 0.2) is 12.3 Å². The van der Waals surface area contributed by atoms with Crippen molar-refractivity contribution in [3.8, 4) is 0 Å². The lowest BCUT2D eigenvalue weighted by Crippen LogP contribution is -2.35.